The molecular weight excluding hydrogens is 178 g/mol. The van der Waals surface area contributed by atoms with E-state index in [1.54, 1.807) is 14.0 Å². The van der Waals surface area contributed by atoms with Crippen LogP contribution < -0.4 is 4.87 Å². The molecule has 0 saturated carbocycles. The molecule has 0 aliphatic heterocycles. The molecule has 0 saturated heterocycles. The van der Waals surface area contributed by atoms with Gasteiger partial charge < -0.3 is 9.30 Å². The molecule has 0 amide bonds. The second-order valence-corrected chi connectivity index (χ2v) is 3.19. The third kappa shape index (κ3) is 1.73. The standard InChI is InChI=1S/C7H9NO3S/c1-3-11-6(9)5-4-8(2)7(10)12-5/h4H,3H2,1-2H3. The molecule has 4 nitrogen and oxygen atoms in total. The lowest BCUT2D eigenvalue weighted by molar-refractivity contribution is 0.0531. The van der Waals surface area contributed by atoms with Gasteiger partial charge in [0.05, 0.1) is 6.61 Å². The van der Waals surface area contributed by atoms with Gasteiger partial charge in [0.2, 0.25) is 0 Å². The van der Waals surface area contributed by atoms with Crippen molar-refractivity contribution < 1.29 is 9.53 Å². The van der Waals surface area contributed by atoms with E-state index in [9.17, 15) is 9.59 Å². The van der Waals surface area contributed by atoms with E-state index in [0.29, 0.717) is 11.5 Å². The molecule has 1 aromatic rings. The quantitative estimate of drug-likeness (QED) is 0.638. The first-order chi connectivity index (χ1) is 5.65. The summed E-state index contributed by atoms with van der Waals surface area (Å²) in [7, 11) is 1.60. The van der Waals surface area contributed by atoms with Crippen LogP contribution in [0.15, 0.2) is 11.0 Å². The molecule has 0 aromatic carbocycles. The van der Waals surface area contributed by atoms with Crippen LogP contribution in [-0.2, 0) is 11.8 Å². The summed E-state index contributed by atoms with van der Waals surface area (Å²) in [5, 5.41) is 0. The van der Waals surface area contributed by atoms with Crippen molar-refractivity contribution in [1.29, 1.82) is 0 Å². The summed E-state index contributed by atoms with van der Waals surface area (Å²) < 4.78 is 6.07. The fourth-order valence-electron chi connectivity index (χ4n) is 0.718. The molecule has 1 heterocycles. The van der Waals surface area contributed by atoms with Crippen LogP contribution in [0.25, 0.3) is 0 Å². The van der Waals surface area contributed by atoms with E-state index in [1.807, 2.05) is 0 Å². The highest BCUT2D eigenvalue weighted by Gasteiger charge is 2.10. The molecule has 0 radical (unpaired) electrons. The lowest BCUT2D eigenvalue weighted by Crippen LogP contribution is -2.04. The first-order valence-corrected chi connectivity index (χ1v) is 4.30. The minimum Gasteiger partial charge on any atom is -0.462 e. The molecule has 0 fully saturated rings. The van der Waals surface area contributed by atoms with Crippen LogP contribution in [-0.4, -0.2) is 17.1 Å². The highest BCUT2D eigenvalue weighted by molar-refractivity contribution is 7.11. The van der Waals surface area contributed by atoms with Crippen LogP contribution in [0.2, 0.25) is 0 Å². The molecule has 0 unspecified atom stereocenters. The van der Waals surface area contributed by atoms with Crippen LogP contribution in [0.1, 0.15) is 16.6 Å². The van der Waals surface area contributed by atoms with Gasteiger partial charge >= 0.3 is 10.8 Å². The summed E-state index contributed by atoms with van der Waals surface area (Å²) in [5.74, 6) is -0.430. The van der Waals surface area contributed by atoms with Crippen LogP contribution in [0.5, 0.6) is 0 Å². The van der Waals surface area contributed by atoms with Crippen molar-refractivity contribution in [3.05, 3.63) is 20.7 Å². The third-order valence-electron chi connectivity index (χ3n) is 1.27. The number of aryl methyl sites for hydroxylation is 1. The highest BCUT2D eigenvalue weighted by Crippen LogP contribution is 2.04. The number of nitrogens with zero attached hydrogens (tertiary/aromatic N) is 1. The maximum atomic E-state index is 11.0. The Morgan fingerprint density at radius 2 is 2.42 bits per heavy atom. The minimum absolute atomic E-state index is 0.155. The molecule has 0 aliphatic rings. The SMILES string of the molecule is CCOC(=O)c1cn(C)c(=O)s1. The van der Waals surface area contributed by atoms with Crippen LogP contribution in [0.3, 0.4) is 0 Å². The molecule has 5 heteroatoms. The Bertz CT molecular complexity index is 339. The van der Waals surface area contributed by atoms with Crippen molar-refractivity contribution >= 4 is 17.3 Å². The van der Waals surface area contributed by atoms with Gasteiger partial charge in [-0.05, 0) is 6.92 Å². The Hall–Kier alpha value is -1.10. The van der Waals surface area contributed by atoms with E-state index < -0.39 is 5.97 Å². The first-order valence-electron chi connectivity index (χ1n) is 3.48. The van der Waals surface area contributed by atoms with E-state index in [2.05, 4.69) is 0 Å². The Morgan fingerprint density at radius 3 is 2.83 bits per heavy atom. The average molecular weight is 187 g/mol. The highest BCUT2D eigenvalue weighted by atomic mass is 32.1. The fourth-order valence-corrected chi connectivity index (χ4v) is 1.46. The number of hydrogen-bond acceptors (Lipinski definition) is 4. The predicted octanol–water partition coefficient (Wildman–Crippen LogP) is 0.624. The minimum atomic E-state index is -0.430. The summed E-state index contributed by atoms with van der Waals surface area (Å²) >= 11 is 0.895. The zero-order chi connectivity index (χ0) is 9.14. The van der Waals surface area contributed by atoms with Gasteiger partial charge in [-0.25, -0.2) is 4.79 Å². The third-order valence-corrected chi connectivity index (χ3v) is 2.23. The lowest BCUT2D eigenvalue weighted by Gasteiger charge is -1.95. The molecule has 0 spiro atoms. The van der Waals surface area contributed by atoms with Gasteiger partial charge in [0.25, 0.3) is 0 Å². The van der Waals surface area contributed by atoms with Gasteiger partial charge in [0, 0.05) is 13.2 Å². The van der Waals surface area contributed by atoms with Crippen LogP contribution in [0, 0.1) is 0 Å². The molecule has 66 valence electrons. The molecule has 12 heavy (non-hydrogen) atoms. The number of hydrogen-bond donors (Lipinski definition) is 0. The maximum absolute atomic E-state index is 11.0. The molecule has 0 aliphatic carbocycles. The summed E-state index contributed by atoms with van der Waals surface area (Å²) in [6.07, 6.45) is 1.48. The summed E-state index contributed by atoms with van der Waals surface area (Å²) in [6, 6.07) is 0. The van der Waals surface area contributed by atoms with Crippen molar-refractivity contribution in [2.24, 2.45) is 7.05 Å². The lowest BCUT2D eigenvalue weighted by atomic mass is 10.5. The van der Waals surface area contributed by atoms with Gasteiger partial charge in [-0.15, -0.1) is 0 Å². The van der Waals surface area contributed by atoms with Crippen LogP contribution >= 0.6 is 11.3 Å². The molecule has 0 bridgehead atoms. The van der Waals surface area contributed by atoms with Gasteiger partial charge in [-0.1, -0.05) is 11.3 Å². The molecular formula is C7H9NO3S. The Kier molecular flexibility index (Phi) is 2.65. The summed E-state index contributed by atoms with van der Waals surface area (Å²) in [5.41, 5.74) is 0. The van der Waals surface area contributed by atoms with E-state index >= 15 is 0 Å². The molecule has 0 N–H and O–H groups in total. The van der Waals surface area contributed by atoms with Crippen molar-refractivity contribution in [3.63, 3.8) is 0 Å². The smallest absolute Gasteiger partial charge is 0.350 e. The second kappa shape index (κ2) is 3.53. The largest absolute Gasteiger partial charge is 0.462 e. The van der Waals surface area contributed by atoms with Crippen molar-refractivity contribution in [1.82, 2.24) is 4.57 Å². The topological polar surface area (TPSA) is 48.3 Å². The molecule has 0 atom stereocenters. The zero-order valence-corrected chi connectivity index (χ0v) is 7.68. The van der Waals surface area contributed by atoms with E-state index in [-0.39, 0.29) is 4.87 Å². The van der Waals surface area contributed by atoms with E-state index in [4.69, 9.17) is 4.74 Å². The Balaban J connectivity index is 2.89. The van der Waals surface area contributed by atoms with Crippen molar-refractivity contribution in [3.8, 4) is 0 Å². The predicted molar refractivity (Wildman–Crippen MR) is 45.5 cm³/mol. The number of esters is 1. The zero-order valence-electron chi connectivity index (χ0n) is 6.86. The van der Waals surface area contributed by atoms with Gasteiger partial charge in [-0.2, -0.15) is 0 Å². The first kappa shape index (κ1) is 8.99. The fraction of sp³-hybridized carbons (Fsp3) is 0.429. The van der Waals surface area contributed by atoms with Crippen molar-refractivity contribution in [2.75, 3.05) is 6.61 Å². The number of thiazole rings is 1. The van der Waals surface area contributed by atoms with Crippen LogP contribution in [0.4, 0.5) is 0 Å². The number of rotatable bonds is 2. The second-order valence-electron chi connectivity index (χ2n) is 2.19. The molecule has 1 aromatic heterocycles. The van der Waals surface area contributed by atoms with Crippen molar-refractivity contribution in [2.45, 2.75) is 6.92 Å². The normalized spacial score (nSPS) is 9.83. The number of aromatic nitrogens is 1. The van der Waals surface area contributed by atoms with E-state index in [0.717, 1.165) is 11.3 Å². The number of ether oxygens (including phenoxy) is 1. The molecule has 1 rings (SSSR count). The number of carbonyl (C=O) groups excluding carboxylic acids is 1. The van der Waals surface area contributed by atoms with Gasteiger partial charge in [0.1, 0.15) is 4.88 Å². The summed E-state index contributed by atoms with van der Waals surface area (Å²) in [6.45, 7) is 2.05. The van der Waals surface area contributed by atoms with Gasteiger partial charge in [0.15, 0.2) is 0 Å². The van der Waals surface area contributed by atoms with Gasteiger partial charge in [-0.3, -0.25) is 4.79 Å². The Morgan fingerprint density at radius 1 is 1.75 bits per heavy atom. The maximum Gasteiger partial charge on any atom is 0.350 e. The number of carbonyl (C=O) groups is 1. The Labute approximate surface area is 73.4 Å². The average Bonchev–Trinajstić information content (AvgIpc) is 2.33. The monoisotopic (exact) mass is 187 g/mol. The van der Waals surface area contributed by atoms with E-state index in [1.165, 1.54) is 10.8 Å². The summed E-state index contributed by atoms with van der Waals surface area (Å²) in [4.78, 5) is 22.2.